The highest BCUT2D eigenvalue weighted by molar-refractivity contribution is 6.32. The lowest BCUT2D eigenvalue weighted by Crippen LogP contribution is -2.33. The normalized spacial score (nSPS) is 11.8. The van der Waals surface area contributed by atoms with Crippen molar-refractivity contribution in [3.8, 4) is 6.07 Å². The van der Waals surface area contributed by atoms with Crippen molar-refractivity contribution in [1.29, 1.82) is 5.26 Å². The Kier molecular flexibility index (Phi) is 6.36. The molecule has 0 aliphatic heterocycles. The first-order valence-corrected chi connectivity index (χ1v) is 8.17. The van der Waals surface area contributed by atoms with Crippen LogP contribution in [0.4, 0.5) is 5.69 Å². The molecule has 2 rings (SSSR count). The average Bonchev–Trinajstić information content (AvgIpc) is 2.56. The predicted octanol–water partition coefficient (Wildman–Crippen LogP) is 4.14. The minimum absolute atomic E-state index is 0.0986. The fraction of sp³-hybridized carbons (Fsp3) is 0.263. The molecule has 4 nitrogen and oxygen atoms in total. The summed E-state index contributed by atoms with van der Waals surface area (Å²) in [5, 5.41) is 15.3. The van der Waals surface area contributed by atoms with Gasteiger partial charge in [0.1, 0.15) is 6.07 Å². The fourth-order valence-electron chi connectivity index (χ4n) is 2.49. The SMILES string of the molecule is CC(C)[C@@H](NCC(=O)Nc1ccc(C#N)c(Cl)c1)c1ccccc1. The number of nitrogens with zero attached hydrogens (tertiary/aromatic N) is 1. The Balaban J connectivity index is 1.97. The molecule has 5 heteroatoms. The molecule has 1 atom stereocenters. The maximum absolute atomic E-state index is 12.2. The first kappa shape index (κ1) is 18.0. The summed E-state index contributed by atoms with van der Waals surface area (Å²) in [7, 11) is 0. The Labute approximate surface area is 147 Å². The van der Waals surface area contributed by atoms with Crippen LogP contribution in [0.15, 0.2) is 48.5 Å². The van der Waals surface area contributed by atoms with Gasteiger partial charge in [0.05, 0.1) is 17.1 Å². The molecule has 0 bridgehead atoms. The van der Waals surface area contributed by atoms with Gasteiger partial charge in [-0.3, -0.25) is 4.79 Å². The maximum Gasteiger partial charge on any atom is 0.238 e. The fourth-order valence-corrected chi connectivity index (χ4v) is 2.71. The number of amides is 1. The van der Waals surface area contributed by atoms with E-state index in [4.69, 9.17) is 16.9 Å². The number of nitriles is 1. The first-order chi connectivity index (χ1) is 11.5. The van der Waals surface area contributed by atoms with E-state index in [0.29, 0.717) is 22.2 Å². The van der Waals surface area contributed by atoms with E-state index in [-0.39, 0.29) is 18.5 Å². The van der Waals surface area contributed by atoms with Gasteiger partial charge < -0.3 is 10.6 Å². The highest BCUT2D eigenvalue weighted by Crippen LogP contribution is 2.22. The van der Waals surface area contributed by atoms with Crippen LogP contribution >= 0.6 is 11.6 Å². The Morgan fingerprint density at radius 1 is 1.21 bits per heavy atom. The van der Waals surface area contributed by atoms with Crippen LogP contribution in [0.1, 0.15) is 31.0 Å². The molecule has 1 amide bonds. The zero-order valence-corrected chi connectivity index (χ0v) is 14.5. The van der Waals surface area contributed by atoms with Gasteiger partial charge in [-0.1, -0.05) is 55.8 Å². The summed E-state index contributed by atoms with van der Waals surface area (Å²) in [5.41, 5.74) is 2.12. The van der Waals surface area contributed by atoms with E-state index in [0.717, 1.165) is 5.56 Å². The minimum atomic E-state index is -0.155. The summed E-state index contributed by atoms with van der Waals surface area (Å²) in [6.45, 7) is 4.42. The standard InChI is InChI=1S/C19H20ClN3O/c1-13(2)19(14-6-4-3-5-7-14)22-12-18(24)23-16-9-8-15(11-21)17(20)10-16/h3-10,13,19,22H,12H2,1-2H3,(H,23,24)/t19-/m1/s1. The van der Waals surface area contributed by atoms with Crippen LogP contribution in [-0.2, 0) is 4.79 Å². The zero-order chi connectivity index (χ0) is 17.5. The topological polar surface area (TPSA) is 64.9 Å². The summed E-state index contributed by atoms with van der Waals surface area (Å²) in [6, 6.07) is 17.0. The molecule has 24 heavy (non-hydrogen) atoms. The smallest absolute Gasteiger partial charge is 0.238 e. The third kappa shape index (κ3) is 4.82. The number of hydrogen-bond acceptors (Lipinski definition) is 3. The van der Waals surface area contributed by atoms with Crippen molar-refractivity contribution in [2.75, 3.05) is 11.9 Å². The van der Waals surface area contributed by atoms with Gasteiger partial charge in [-0.15, -0.1) is 0 Å². The molecule has 0 saturated carbocycles. The summed E-state index contributed by atoms with van der Waals surface area (Å²) >= 11 is 5.97. The van der Waals surface area contributed by atoms with Gasteiger partial charge >= 0.3 is 0 Å². The molecule has 0 radical (unpaired) electrons. The molecule has 0 saturated heterocycles. The van der Waals surface area contributed by atoms with Crippen molar-refractivity contribution in [3.63, 3.8) is 0 Å². The van der Waals surface area contributed by atoms with E-state index >= 15 is 0 Å². The van der Waals surface area contributed by atoms with Gasteiger partial charge in [-0.2, -0.15) is 5.26 Å². The van der Waals surface area contributed by atoms with E-state index in [1.165, 1.54) is 0 Å². The van der Waals surface area contributed by atoms with Crippen LogP contribution < -0.4 is 10.6 Å². The quantitative estimate of drug-likeness (QED) is 0.830. The second-order valence-corrected chi connectivity index (χ2v) is 6.28. The van der Waals surface area contributed by atoms with E-state index in [2.05, 4.69) is 36.6 Å². The van der Waals surface area contributed by atoms with Crippen molar-refractivity contribution < 1.29 is 4.79 Å². The molecule has 0 aromatic heterocycles. The van der Waals surface area contributed by atoms with E-state index < -0.39 is 0 Å². The summed E-state index contributed by atoms with van der Waals surface area (Å²) in [5.74, 6) is 0.196. The second-order valence-electron chi connectivity index (χ2n) is 5.87. The second kappa shape index (κ2) is 8.49. The highest BCUT2D eigenvalue weighted by Gasteiger charge is 2.16. The van der Waals surface area contributed by atoms with Crippen molar-refractivity contribution >= 4 is 23.2 Å². The molecule has 0 aliphatic carbocycles. The van der Waals surface area contributed by atoms with Crippen LogP contribution in [-0.4, -0.2) is 12.5 Å². The molecule has 2 aromatic carbocycles. The lowest BCUT2D eigenvalue weighted by Gasteiger charge is -2.22. The van der Waals surface area contributed by atoms with E-state index in [1.807, 2.05) is 24.3 Å². The predicted molar refractivity (Wildman–Crippen MR) is 96.8 cm³/mol. The Morgan fingerprint density at radius 3 is 2.50 bits per heavy atom. The number of rotatable bonds is 6. The summed E-state index contributed by atoms with van der Waals surface area (Å²) in [6.07, 6.45) is 0. The minimum Gasteiger partial charge on any atom is -0.325 e. The number of nitrogens with one attached hydrogen (secondary N) is 2. The largest absolute Gasteiger partial charge is 0.325 e. The van der Waals surface area contributed by atoms with Crippen LogP contribution in [0, 0.1) is 17.2 Å². The summed E-state index contributed by atoms with van der Waals surface area (Å²) < 4.78 is 0. The number of benzene rings is 2. The molecule has 0 aliphatic rings. The van der Waals surface area contributed by atoms with Crippen LogP contribution in [0.5, 0.6) is 0 Å². The molecular formula is C19H20ClN3O. The number of halogens is 1. The van der Waals surface area contributed by atoms with Gasteiger partial charge in [0.25, 0.3) is 0 Å². The number of carbonyl (C=O) groups is 1. The molecule has 2 N–H and O–H groups in total. The van der Waals surface area contributed by atoms with E-state index in [1.54, 1.807) is 18.2 Å². The third-order valence-electron chi connectivity index (χ3n) is 3.68. The van der Waals surface area contributed by atoms with E-state index in [9.17, 15) is 4.79 Å². The lowest BCUT2D eigenvalue weighted by molar-refractivity contribution is -0.115. The highest BCUT2D eigenvalue weighted by atomic mass is 35.5. The van der Waals surface area contributed by atoms with Gasteiger partial charge in [0.2, 0.25) is 5.91 Å². The molecular weight excluding hydrogens is 322 g/mol. The maximum atomic E-state index is 12.2. The number of anilines is 1. The van der Waals surface area contributed by atoms with Crippen LogP contribution in [0.2, 0.25) is 5.02 Å². The van der Waals surface area contributed by atoms with Gasteiger partial charge in [-0.05, 0) is 29.7 Å². The summed E-state index contributed by atoms with van der Waals surface area (Å²) in [4.78, 5) is 12.2. The Bertz CT molecular complexity index is 738. The molecule has 0 spiro atoms. The number of hydrogen-bond donors (Lipinski definition) is 2. The zero-order valence-electron chi connectivity index (χ0n) is 13.7. The van der Waals surface area contributed by atoms with Gasteiger partial charge in [-0.25, -0.2) is 0 Å². The number of carbonyl (C=O) groups excluding carboxylic acids is 1. The molecule has 124 valence electrons. The monoisotopic (exact) mass is 341 g/mol. The van der Waals surface area contributed by atoms with Crippen LogP contribution in [0.3, 0.4) is 0 Å². The molecule has 0 fully saturated rings. The van der Waals surface area contributed by atoms with Crippen molar-refractivity contribution in [2.24, 2.45) is 5.92 Å². The van der Waals surface area contributed by atoms with Gasteiger partial charge in [0.15, 0.2) is 0 Å². The Hall–Kier alpha value is -2.35. The third-order valence-corrected chi connectivity index (χ3v) is 3.99. The molecule has 2 aromatic rings. The van der Waals surface area contributed by atoms with Crippen molar-refractivity contribution in [1.82, 2.24) is 5.32 Å². The molecule has 0 unspecified atom stereocenters. The van der Waals surface area contributed by atoms with Crippen LogP contribution in [0.25, 0.3) is 0 Å². The lowest BCUT2D eigenvalue weighted by atomic mass is 9.96. The van der Waals surface area contributed by atoms with Crippen molar-refractivity contribution in [3.05, 3.63) is 64.7 Å². The molecule has 0 heterocycles. The first-order valence-electron chi connectivity index (χ1n) is 7.79. The Morgan fingerprint density at radius 2 is 1.92 bits per heavy atom. The van der Waals surface area contributed by atoms with Crippen molar-refractivity contribution in [2.45, 2.75) is 19.9 Å². The van der Waals surface area contributed by atoms with Gasteiger partial charge in [0, 0.05) is 11.7 Å². The average molecular weight is 342 g/mol.